The van der Waals surface area contributed by atoms with Gasteiger partial charge in [0.25, 0.3) is 11.8 Å². The second-order valence-electron chi connectivity index (χ2n) is 9.72. The van der Waals surface area contributed by atoms with E-state index >= 15 is 0 Å². The summed E-state index contributed by atoms with van der Waals surface area (Å²) >= 11 is 0. The Hall–Kier alpha value is -5.09. The number of likely N-dealkylation sites (N-methyl/N-ethyl adjacent to an activating group) is 1. The zero-order valence-electron chi connectivity index (χ0n) is 23.9. The highest BCUT2D eigenvalue weighted by Gasteiger charge is 2.15. The molecule has 11 nitrogen and oxygen atoms in total. The summed E-state index contributed by atoms with van der Waals surface area (Å²) in [5.41, 5.74) is 2.74. The third kappa shape index (κ3) is 8.48. The van der Waals surface area contributed by atoms with Gasteiger partial charge < -0.3 is 33.4 Å². The lowest BCUT2D eigenvalue weighted by Gasteiger charge is -2.21. The number of anilines is 1. The number of nitrogens with one attached hydrogen (secondary N) is 1. The van der Waals surface area contributed by atoms with E-state index in [9.17, 15) is 23.7 Å². The Morgan fingerprint density at radius 2 is 1.84 bits per heavy atom. The molecule has 226 valence electrons. The summed E-state index contributed by atoms with van der Waals surface area (Å²) in [6, 6.07) is 16.5. The van der Waals surface area contributed by atoms with Gasteiger partial charge in [-0.15, -0.1) is 0 Å². The van der Waals surface area contributed by atoms with Crippen LogP contribution in [0.5, 0.6) is 0 Å². The Labute approximate surface area is 255 Å². The van der Waals surface area contributed by atoms with E-state index in [-0.39, 0.29) is 41.0 Å². The van der Waals surface area contributed by atoms with Crippen LogP contribution in [0, 0.1) is 18.8 Å². The van der Waals surface area contributed by atoms with Crippen LogP contribution in [0.15, 0.2) is 93.0 Å². The van der Waals surface area contributed by atoms with Crippen LogP contribution in [-0.2, 0) is 26.0 Å². The number of aliphatic hydroxyl groups excluding tert-OH is 2. The fourth-order valence-electron chi connectivity index (χ4n) is 4.01. The zero-order valence-corrected chi connectivity index (χ0v) is 24.7. The van der Waals surface area contributed by atoms with Crippen molar-refractivity contribution in [3.63, 3.8) is 0 Å². The van der Waals surface area contributed by atoms with Gasteiger partial charge in [0.1, 0.15) is 0 Å². The maximum atomic E-state index is 13.1. The molecule has 12 heteroatoms. The van der Waals surface area contributed by atoms with E-state index < -0.39 is 29.2 Å². The molecule has 4 rings (SSSR count). The van der Waals surface area contributed by atoms with Crippen molar-refractivity contribution >= 4 is 34.0 Å². The lowest BCUT2D eigenvalue weighted by Crippen LogP contribution is -2.36. The molecule has 0 saturated carbocycles. The normalized spacial score (nSPS) is 12.1. The number of amides is 3. The number of aliphatic hydroxyl groups is 2. The first-order valence-electron chi connectivity index (χ1n) is 13.4. The number of carbonyl (C=O) groups excluding carboxylic acids is 3. The zero-order chi connectivity index (χ0) is 31.6. The van der Waals surface area contributed by atoms with Gasteiger partial charge in [0.05, 0.1) is 31.0 Å². The van der Waals surface area contributed by atoms with Crippen molar-refractivity contribution in [3.8, 4) is 11.8 Å². The van der Waals surface area contributed by atoms with Crippen molar-refractivity contribution < 1.29 is 33.2 Å². The maximum Gasteiger partial charge on any atom is 0.291 e. The minimum absolute atomic E-state index is 0.0663. The number of pyridine rings is 1. The van der Waals surface area contributed by atoms with E-state index in [2.05, 4.69) is 26.5 Å². The van der Waals surface area contributed by atoms with Crippen molar-refractivity contribution in [1.82, 2.24) is 9.88 Å². The Morgan fingerprint density at radius 1 is 1.07 bits per heavy atom. The monoisotopic (exact) mass is 613 g/mol. The molecule has 2 aromatic carbocycles. The lowest BCUT2D eigenvalue weighted by atomic mass is 10.1. The summed E-state index contributed by atoms with van der Waals surface area (Å²) in [4.78, 5) is 43.5. The summed E-state index contributed by atoms with van der Waals surface area (Å²) < 4.78 is 22.1. The smallest absolute Gasteiger partial charge is 0.291 e. The molecule has 0 spiro atoms. The van der Waals surface area contributed by atoms with Gasteiger partial charge in [0.15, 0.2) is 5.76 Å². The van der Waals surface area contributed by atoms with Crippen molar-refractivity contribution in [1.29, 1.82) is 0 Å². The molecule has 0 radical (unpaired) electrons. The fraction of sp³-hybridized carbons (Fsp3) is 0.188. The van der Waals surface area contributed by atoms with Gasteiger partial charge in [-0.25, -0.2) is 0 Å². The average Bonchev–Trinajstić information content (AvgIpc) is 3.46. The number of benzene rings is 2. The molecule has 3 N–H and O–H groups in total. The largest absolute Gasteiger partial charge is 0.459 e. The molecule has 1 atom stereocenters. The molecule has 44 heavy (non-hydrogen) atoms. The second-order valence-corrected chi connectivity index (χ2v) is 10.8. The Bertz CT molecular complexity index is 1830. The topological polar surface area (TPSA) is 162 Å². The van der Waals surface area contributed by atoms with Gasteiger partial charge >= 0.3 is 0 Å². The minimum atomic E-state index is -2.12. The molecule has 4 aromatic rings. The molecule has 2 heterocycles. The number of nitrogens with zero attached hydrogens (tertiary/aromatic N) is 3. The van der Waals surface area contributed by atoms with Crippen LogP contribution in [0.3, 0.4) is 0 Å². The van der Waals surface area contributed by atoms with Gasteiger partial charge in [-0.1, -0.05) is 52.6 Å². The number of aryl methyl sites for hydroxylation is 1. The third-order valence-corrected chi connectivity index (χ3v) is 7.42. The third-order valence-electron chi connectivity index (χ3n) is 6.31. The van der Waals surface area contributed by atoms with Crippen molar-refractivity contribution in [2.45, 2.75) is 24.3 Å². The average molecular weight is 614 g/mol. The van der Waals surface area contributed by atoms with E-state index in [1.807, 2.05) is 0 Å². The van der Waals surface area contributed by atoms with Gasteiger partial charge in [0.2, 0.25) is 5.91 Å². The van der Waals surface area contributed by atoms with E-state index in [4.69, 9.17) is 9.52 Å². The molecule has 0 bridgehead atoms. The Morgan fingerprint density at radius 3 is 2.59 bits per heavy atom. The SMILES string of the molecule is Cc1ccoc1C(=O)Nc1cccc(C#Cc2cncc(C(=O)N=[S-](=O)c3ccccc3CC(=O)N(C)CC(O)CO)c2)c1. The number of furan rings is 1. The number of carbonyl (C=O) groups is 3. The van der Waals surface area contributed by atoms with Gasteiger partial charge in [-0.05, 0) is 37.3 Å². The van der Waals surface area contributed by atoms with Crippen LogP contribution in [0.25, 0.3) is 0 Å². The number of aromatic nitrogens is 1. The number of hydrogen-bond acceptors (Lipinski definition) is 9. The van der Waals surface area contributed by atoms with Crippen LogP contribution in [-0.4, -0.2) is 64.1 Å². The summed E-state index contributed by atoms with van der Waals surface area (Å²) in [7, 11) is -0.636. The lowest BCUT2D eigenvalue weighted by molar-refractivity contribution is -0.130. The van der Waals surface area contributed by atoms with E-state index in [1.165, 1.54) is 42.7 Å². The molecule has 0 fully saturated rings. The second kappa shape index (κ2) is 14.9. The Kier molecular flexibility index (Phi) is 10.8. The van der Waals surface area contributed by atoms with Gasteiger partial charge in [-0.3, -0.25) is 19.4 Å². The quantitative estimate of drug-likeness (QED) is 0.191. The molecule has 3 amide bonds. The highest BCUT2D eigenvalue weighted by atomic mass is 32.2. The molecule has 0 aliphatic carbocycles. The fourth-order valence-corrected chi connectivity index (χ4v) is 4.92. The predicted octanol–water partition coefficient (Wildman–Crippen LogP) is 3.34. The molecular formula is C32H29N4O7S-. The molecular weight excluding hydrogens is 584 g/mol. The molecule has 0 saturated heterocycles. The van der Waals surface area contributed by atoms with Gasteiger partial charge in [-0.2, -0.15) is 10.6 Å². The van der Waals surface area contributed by atoms with Crippen molar-refractivity contribution in [2.75, 3.05) is 25.5 Å². The van der Waals surface area contributed by atoms with Crippen LogP contribution in [0.4, 0.5) is 5.69 Å². The van der Waals surface area contributed by atoms with Crippen molar-refractivity contribution in [2.24, 2.45) is 4.36 Å². The summed E-state index contributed by atoms with van der Waals surface area (Å²) in [6.45, 7) is 1.22. The highest BCUT2D eigenvalue weighted by Crippen LogP contribution is 2.16. The maximum absolute atomic E-state index is 13.1. The van der Waals surface area contributed by atoms with E-state index in [0.29, 0.717) is 22.4 Å². The molecule has 2 aromatic heterocycles. The molecule has 1 unspecified atom stereocenters. The standard InChI is InChI=1S/C32H29N4O7S/c1-21-12-13-43-30(21)32(41)34-26-8-5-6-22(15-26)10-11-23-14-25(18-33-17-23)31(40)35-44(42)28-9-4-3-7-24(28)16-29(39)36(2)19-27(38)20-37/h3-9,12-15,17-18,27,37-38H,16,19-20H2,1-2H3,(H,34,41)/q-1. The summed E-state index contributed by atoms with van der Waals surface area (Å²) in [5.74, 6) is 4.59. The first kappa shape index (κ1) is 31.8. The van der Waals surface area contributed by atoms with E-state index in [1.54, 1.807) is 55.5 Å². The number of hydrogen-bond donors (Lipinski definition) is 3. The van der Waals surface area contributed by atoms with Crippen LogP contribution in [0.1, 0.15) is 43.2 Å². The first-order chi connectivity index (χ1) is 21.1. The van der Waals surface area contributed by atoms with Gasteiger partial charge in [0, 0.05) is 48.4 Å². The summed E-state index contributed by atoms with van der Waals surface area (Å²) in [6.07, 6.45) is 2.99. The molecule has 0 aliphatic heterocycles. The first-order valence-corrected chi connectivity index (χ1v) is 14.5. The van der Waals surface area contributed by atoms with Crippen molar-refractivity contribution in [3.05, 3.63) is 113 Å². The summed E-state index contributed by atoms with van der Waals surface area (Å²) in [5, 5.41) is 21.4. The molecule has 0 aliphatic rings. The minimum Gasteiger partial charge on any atom is -0.459 e. The number of rotatable bonds is 9. The van der Waals surface area contributed by atoms with Crippen LogP contribution in [0.2, 0.25) is 0 Å². The van der Waals surface area contributed by atoms with E-state index in [0.717, 1.165) is 5.56 Å². The highest BCUT2D eigenvalue weighted by molar-refractivity contribution is 7.75. The van der Waals surface area contributed by atoms with Crippen LogP contribution >= 0.6 is 0 Å². The Balaban J connectivity index is 1.47. The predicted molar refractivity (Wildman–Crippen MR) is 162 cm³/mol. The van der Waals surface area contributed by atoms with Crippen LogP contribution < -0.4 is 5.32 Å².